The summed E-state index contributed by atoms with van der Waals surface area (Å²) in [7, 11) is 4.02. The molecule has 21 heavy (non-hydrogen) atoms. The second kappa shape index (κ2) is 8.64. The molecule has 0 saturated carbocycles. The van der Waals surface area contributed by atoms with E-state index in [4.69, 9.17) is 10.5 Å². The van der Waals surface area contributed by atoms with Crippen LogP contribution in [0.4, 0.5) is 0 Å². The summed E-state index contributed by atoms with van der Waals surface area (Å²) in [5, 5.41) is 2.85. The number of ether oxygens (including phenoxy) is 1. The van der Waals surface area contributed by atoms with E-state index in [9.17, 15) is 4.79 Å². The van der Waals surface area contributed by atoms with Crippen molar-refractivity contribution >= 4 is 5.91 Å². The SMILES string of the molecule is CC(C)[C@H](N)C(=O)NCc1ccc(OCCN(C)C)cc1. The lowest BCUT2D eigenvalue weighted by Crippen LogP contribution is -2.43. The highest BCUT2D eigenvalue weighted by Gasteiger charge is 2.16. The van der Waals surface area contributed by atoms with Gasteiger partial charge in [0.15, 0.2) is 0 Å². The van der Waals surface area contributed by atoms with Gasteiger partial charge in [-0.2, -0.15) is 0 Å². The normalized spacial score (nSPS) is 12.5. The van der Waals surface area contributed by atoms with Crippen molar-refractivity contribution in [3.63, 3.8) is 0 Å². The van der Waals surface area contributed by atoms with E-state index in [1.165, 1.54) is 0 Å². The number of hydrogen-bond acceptors (Lipinski definition) is 4. The first-order valence-electron chi connectivity index (χ1n) is 7.30. The van der Waals surface area contributed by atoms with Gasteiger partial charge in [0.05, 0.1) is 6.04 Å². The molecular weight excluding hydrogens is 266 g/mol. The van der Waals surface area contributed by atoms with Crippen molar-refractivity contribution in [3.05, 3.63) is 29.8 Å². The Morgan fingerprint density at radius 3 is 2.43 bits per heavy atom. The van der Waals surface area contributed by atoms with Gasteiger partial charge in [-0.05, 0) is 37.7 Å². The van der Waals surface area contributed by atoms with Crippen molar-refractivity contribution in [1.82, 2.24) is 10.2 Å². The van der Waals surface area contributed by atoms with Crippen LogP contribution >= 0.6 is 0 Å². The van der Waals surface area contributed by atoms with E-state index in [-0.39, 0.29) is 11.8 Å². The number of benzene rings is 1. The summed E-state index contributed by atoms with van der Waals surface area (Å²) in [4.78, 5) is 13.8. The van der Waals surface area contributed by atoms with Crippen LogP contribution in [-0.4, -0.2) is 44.1 Å². The minimum Gasteiger partial charge on any atom is -0.492 e. The molecule has 1 aromatic rings. The van der Waals surface area contributed by atoms with Gasteiger partial charge in [-0.25, -0.2) is 0 Å². The predicted molar refractivity (Wildman–Crippen MR) is 85.2 cm³/mol. The Balaban J connectivity index is 2.39. The van der Waals surface area contributed by atoms with E-state index in [0.29, 0.717) is 13.2 Å². The highest BCUT2D eigenvalue weighted by molar-refractivity contribution is 5.81. The van der Waals surface area contributed by atoms with E-state index >= 15 is 0 Å². The number of amides is 1. The van der Waals surface area contributed by atoms with Gasteiger partial charge in [0.25, 0.3) is 0 Å². The number of nitrogens with two attached hydrogens (primary N) is 1. The maximum Gasteiger partial charge on any atom is 0.237 e. The lowest BCUT2D eigenvalue weighted by atomic mass is 10.0. The number of likely N-dealkylation sites (N-methyl/N-ethyl adjacent to an activating group) is 1. The molecule has 0 fully saturated rings. The van der Waals surface area contributed by atoms with E-state index in [2.05, 4.69) is 10.2 Å². The van der Waals surface area contributed by atoms with Gasteiger partial charge in [0, 0.05) is 13.1 Å². The lowest BCUT2D eigenvalue weighted by Gasteiger charge is -2.15. The average Bonchev–Trinajstić information content (AvgIpc) is 2.44. The Labute approximate surface area is 127 Å². The second-order valence-electron chi connectivity index (χ2n) is 5.78. The van der Waals surface area contributed by atoms with Gasteiger partial charge in [-0.3, -0.25) is 4.79 Å². The Hall–Kier alpha value is -1.59. The molecule has 5 heteroatoms. The fourth-order valence-electron chi connectivity index (χ4n) is 1.66. The molecule has 1 amide bonds. The molecular formula is C16H27N3O2. The number of nitrogens with zero attached hydrogens (tertiary/aromatic N) is 1. The van der Waals surface area contributed by atoms with Crippen molar-refractivity contribution in [2.24, 2.45) is 11.7 Å². The molecule has 0 aliphatic rings. The maximum atomic E-state index is 11.8. The molecule has 1 aromatic carbocycles. The number of hydrogen-bond donors (Lipinski definition) is 2. The highest BCUT2D eigenvalue weighted by Crippen LogP contribution is 2.12. The Morgan fingerprint density at radius 1 is 1.29 bits per heavy atom. The number of carbonyl (C=O) groups excluding carboxylic acids is 1. The van der Waals surface area contributed by atoms with E-state index in [0.717, 1.165) is 17.9 Å². The molecule has 1 rings (SSSR count). The van der Waals surface area contributed by atoms with Crippen LogP contribution in [0.15, 0.2) is 24.3 Å². The predicted octanol–water partition coefficient (Wildman–Crippen LogP) is 1.23. The van der Waals surface area contributed by atoms with Crippen molar-refractivity contribution < 1.29 is 9.53 Å². The molecule has 0 aliphatic heterocycles. The molecule has 0 radical (unpaired) electrons. The third-order valence-electron chi connectivity index (χ3n) is 3.22. The molecule has 3 N–H and O–H groups in total. The topological polar surface area (TPSA) is 67.6 Å². The first-order valence-corrected chi connectivity index (χ1v) is 7.30. The maximum absolute atomic E-state index is 11.8. The summed E-state index contributed by atoms with van der Waals surface area (Å²) in [5.74, 6) is 0.861. The monoisotopic (exact) mass is 293 g/mol. The van der Waals surface area contributed by atoms with Crippen LogP contribution in [0.3, 0.4) is 0 Å². The highest BCUT2D eigenvalue weighted by atomic mass is 16.5. The number of carbonyl (C=O) groups is 1. The first kappa shape index (κ1) is 17.5. The van der Waals surface area contributed by atoms with Gasteiger partial charge in [0.1, 0.15) is 12.4 Å². The number of rotatable bonds is 8. The van der Waals surface area contributed by atoms with Crippen LogP contribution in [0.2, 0.25) is 0 Å². The summed E-state index contributed by atoms with van der Waals surface area (Å²) < 4.78 is 5.62. The Kier molecular flexibility index (Phi) is 7.19. The third-order valence-corrected chi connectivity index (χ3v) is 3.22. The van der Waals surface area contributed by atoms with Crippen LogP contribution in [0.25, 0.3) is 0 Å². The largest absolute Gasteiger partial charge is 0.492 e. The fraction of sp³-hybridized carbons (Fsp3) is 0.562. The summed E-state index contributed by atoms with van der Waals surface area (Å²) in [5.41, 5.74) is 6.82. The summed E-state index contributed by atoms with van der Waals surface area (Å²) in [6, 6.07) is 7.27. The molecule has 118 valence electrons. The average molecular weight is 293 g/mol. The van der Waals surface area contributed by atoms with E-state index < -0.39 is 6.04 Å². The van der Waals surface area contributed by atoms with Gasteiger partial charge >= 0.3 is 0 Å². The molecule has 5 nitrogen and oxygen atoms in total. The van der Waals surface area contributed by atoms with Gasteiger partial charge < -0.3 is 20.7 Å². The lowest BCUT2D eigenvalue weighted by molar-refractivity contribution is -0.123. The summed E-state index contributed by atoms with van der Waals surface area (Å²) >= 11 is 0. The van der Waals surface area contributed by atoms with Crippen molar-refractivity contribution in [2.75, 3.05) is 27.2 Å². The first-order chi connectivity index (χ1) is 9.90. The Bertz CT molecular complexity index is 430. The second-order valence-corrected chi connectivity index (χ2v) is 5.78. The van der Waals surface area contributed by atoms with Crippen LogP contribution < -0.4 is 15.8 Å². The van der Waals surface area contributed by atoms with Crippen LogP contribution in [0.1, 0.15) is 19.4 Å². The van der Waals surface area contributed by atoms with Gasteiger partial charge in [-0.1, -0.05) is 26.0 Å². The number of nitrogens with one attached hydrogen (secondary N) is 1. The van der Waals surface area contributed by atoms with Gasteiger partial charge in [0.2, 0.25) is 5.91 Å². The standard InChI is InChI=1S/C16H27N3O2/c1-12(2)15(17)16(20)18-11-13-5-7-14(8-6-13)21-10-9-19(3)4/h5-8,12,15H,9-11,17H2,1-4H3,(H,18,20)/t15-/m0/s1. The summed E-state index contributed by atoms with van der Waals surface area (Å²) in [6.45, 7) is 5.89. The Morgan fingerprint density at radius 2 is 1.90 bits per heavy atom. The van der Waals surface area contributed by atoms with Crippen LogP contribution in [-0.2, 0) is 11.3 Å². The quantitative estimate of drug-likeness (QED) is 0.756. The molecule has 0 saturated heterocycles. The van der Waals surface area contributed by atoms with Crippen LogP contribution in [0.5, 0.6) is 5.75 Å². The van der Waals surface area contributed by atoms with Crippen molar-refractivity contribution in [3.8, 4) is 5.75 Å². The molecule has 0 unspecified atom stereocenters. The van der Waals surface area contributed by atoms with E-state index in [1.807, 2.05) is 52.2 Å². The molecule has 0 heterocycles. The zero-order valence-corrected chi connectivity index (χ0v) is 13.4. The third kappa shape index (κ3) is 6.60. The smallest absolute Gasteiger partial charge is 0.237 e. The minimum atomic E-state index is -0.460. The van der Waals surface area contributed by atoms with E-state index in [1.54, 1.807) is 0 Å². The zero-order chi connectivity index (χ0) is 15.8. The summed E-state index contributed by atoms with van der Waals surface area (Å²) in [6.07, 6.45) is 0. The van der Waals surface area contributed by atoms with Crippen molar-refractivity contribution in [1.29, 1.82) is 0 Å². The van der Waals surface area contributed by atoms with Crippen LogP contribution in [0, 0.1) is 5.92 Å². The molecule has 1 atom stereocenters. The van der Waals surface area contributed by atoms with Gasteiger partial charge in [-0.15, -0.1) is 0 Å². The zero-order valence-electron chi connectivity index (χ0n) is 13.4. The fourth-order valence-corrected chi connectivity index (χ4v) is 1.66. The van der Waals surface area contributed by atoms with Crippen molar-refractivity contribution in [2.45, 2.75) is 26.4 Å². The molecule has 0 spiro atoms. The molecule has 0 bridgehead atoms. The molecule has 0 aromatic heterocycles. The molecule has 0 aliphatic carbocycles. The minimum absolute atomic E-state index is 0.115.